The lowest BCUT2D eigenvalue weighted by molar-refractivity contribution is -0.208. The first-order chi connectivity index (χ1) is 16.0. The van der Waals surface area contributed by atoms with Gasteiger partial charge >= 0.3 is 17.9 Å². The van der Waals surface area contributed by atoms with Crippen molar-refractivity contribution in [2.75, 3.05) is 6.61 Å². The van der Waals surface area contributed by atoms with Crippen LogP contribution in [-0.2, 0) is 47.8 Å². The number of carbonyl (C=O) groups excluding carboxylic acids is 5. The second-order valence-corrected chi connectivity index (χ2v) is 8.72. The normalized spacial score (nSPS) is 22.6. The Hall–Kier alpha value is -3.31. The van der Waals surface area contributed by atoms with Gasteiger partial charge in [-0.1, -0.05) is 44.2 Å². The van der Waals surface area contributed by atoms with Gasteiger partial charge in [0, 0.05) is 18.4 Å². The van der Waals surface area contributed by atoms with E-state index < -0.39 is 53.8 Å². The van der Waals surface area contributed by atoms with E-state index in [-0.39, 0.29) is 25.4 Å². The van der Waals surface area contributed by atoms with E-state index in [1.165, 1.54) is 13.8 Å². The summed E-state index contributed by atoms with van der Waals surface area (Å²) in [5.41, 5.74) is 0.357. The molecule has 0 aliphatic carbocycles. The van der Waals surface area contributed by atoms with Crippen LogP contribution in [0.15, 0.2) is 30.3 Å². The summed E-state index contributed by atoms with van der Waals surface area (Å²) in [6.45, 7) is 6.74. The summed E-state index contributed by atoms with van der Waals surface area (Å²) in [5, 5.41) is 0.343. The van der Waals surface area contributed by atoms with Crippen LogP contribution >= 0.6 is 0 Å². The van der Waals surface area contributed by atoms with Crippen LogP contribution in [0.25, 0.3) is 0 Å². The van der Waals surface area contributed by atoms with Gasteiger partial charge in [0.25, 0.3) is 11.8 Å². The molecule has 11 heteroatoms. The van der Waals surface area contributed by atoms with Crippen molar-refractivity contribution < 1.29 is 47.8 Å². The molecule has 0 saturated carbocycles. The number of nitrogens with zero attached hydrogens (tertiary/aromatic N) is 1. The van der Waals surface area contributed by atoms with Crippen LogP contribution in [0.3, 0.4) is 0 Å². The van der Waals surface area contributed by atoms with Crippen molar-refractivity contribution >= 4 is 29.7 Å². The van der Waals surface area contributed by atoms with Crippen LogP contribution in [0, 0.1) is 5.92 Å². The summed E-state index contributed by atoms with van der Waals surface area (Å²) >= 11 is 0. The summed E-state index contributed by atoms with van der Waals surface area (Å²) in [4.78, 5) is 66.9. The molecule has 0 N–H and O–H groups in total. The van der Waals surface area contributed by atoms with Crippen molar-refractivity contribution in [2.45, 2.75) is 64.6 Å². The number of esters is 2. The highest BCUT2D eigenvalue weighted by Gasteiger charge is 2.53. The third-order valence-electron chi connectivity index (χ3n) is 4.86. The molecule has 3 rings (SSSR count). The fourth-order valence-electron chi connectivity index (χ4n) is 3.29. The number of ether oxygens (including phenoxy) is 4. The highest BCUT2D eigenvalue weighted by Crippen LogP contribution is 2.32. The Bertz CT molecular complexity index is 942. The van der Waals surface area contributed by atoms with Crippen molar-refractivity contribution in [1.29, 1.82) is 0 Å². The molecule has 1 aromatic carbocycles. The molecule has 2 heterocycles. The number of rotatable bonds is 8. The SMILES string of the molecule is CC(C)COC(=O)[C@@H](OC(=O)[C@@H]1OC(C)(C)O[C@H]1C(=O)ON1C(=O)CCC1=O)c1ccccc1. The predicted molar refractivity (Wildman–Crippen MR) is 112 cm³/mol. The first-order valence-electron chi connectivity index (χ1n) is 10.8. The van der Waals surface area contributed by atoms with E-state index >= 15 is 0 Å². The molecule has 34 heavy (non-hydrogen) atoms. The van der Waals surface area contributed by atoms with Crippen molar-refractivity contribution in [3.05, 3.63) is 35.9 Å². The maximum atomic E-state index is 13.0. The number of carbonyl (C=O) groups is 5. The maximum Gasteiger partial charge on any atom is 0.365 e. The number of amides is 2. The first kappa shape index (κ1) is 25.3. The van der Waals surface area contributed by atoms with E-state index in [1.54, 1.807) is 30.3 Å². The second-order valence-electron chi connectivity index (χ2n) is 8.72. The fraction of sp³-hybridized carbons (Fsp3) is 0.522. The zero-order valence-corrected chi connectivity index (χ0v) is 19.3. The van der Waals surface area contributed by atoms with Gasteiger partial charge in [-0.25, -0.2) is 14.4 Å². The van der Waals surface area contributed by atoms with E-state index in [0.29, 0.717) is 10.6 Å². The minimum absolute atomic E-state index is 0.0543. The Morgan fingerprint density at radius 1 is 1.00 bits per heavy atom. The summed E-state index contributed by atoms with van der Waals surface area (Å²) in [7, 11) is 0. The number of imide groups is 1. The highest BCUT2D eigenvalue weighted by atomic mass is 16.8. The molecule has 1 aromatic rings. The zero-order valence-electron chi connectivity index (χ0n) is 19.3. The van der Waals surface area contributed by atoms with E-state index in [9.17, 15) is 24.0 Å². The Balaban J connectivity index is 1.78. The van der Waals surface area contributed by atoms with E-state index in [1.807, 2.05) is 13.8 Å². The standard InChI is InChI=1S/C23H27NO10/c1-13(2)12-30-20(27)17(14-8-6-5-7-9-14)31-21(28)18-19(33-23(3,4)32-18)22(29)34-24-15(25)10-11-16(24)26/h5-9,13,17-19H,10-12H2,1-4H3/t17-,18+,19+/m0/s1. The molecule has 0 radical (unpaired) electrons. The molecule has 2 aliphatic rings. The van der Waals surface area contributed by atoms with Gasteiger partial charge in [-0.05, 0) is 19.8 Å². The third kappa shape index (κ3) is 5.97. The van der Waals surface area contributed by atoms with Crippen LogP contribution in [0.1, 0.15) is 52.2 Å². The summed E-state index contributed by atoms with van der Waals surface area (Å²) in [5.74, 6) is -5.78. The lowest BCUT2D eigenvalue weighted by Crippen LogP contribution is -2.44. The van der Waals surface area contributed by atoms with Crippen LogP contribution < -0.4 is 0 Å². The minimum Gasteiger partial charge on any atom is -0.462 e. The lowest BCUT2D eigenvalue weighted by atomic mass is 10.1. The topological polar surface area (TPSA) is 135 Å². The molecule has 0 unspecified atom stereocenters. The maximum absolute atomic E-state index is 13.0. The average molecular weight is 477 g/mol. The molecule has 11 nitrogen and oxygen atoms in total. The molecular formula is C23H27NO10. The van der Waals surface area contributed by atoms with E-state index in [4.69, 9.17) is 23.8 Å². The summed E-state index contributed by atoms with van der Waals surface area (Å²) in [6.07, 6.45) is -4.88. The number of hydrogen-bond donors (Lipinski definition) is 0. The summed E-state index contributed by atoms with van der Waals surface area (Å²) < 4.78 is 21.7. The van der Waals surface area contributed by atoms with Crippen molar-refractivity contribution in [1.82, 2.24) is 5.06 Å². The molecule has 2 saturated heterocycles. The molecule has 3 atom stereocenters. The van der Waals surface area contributed by atoms with Gasteiger partial charge in [0.15, 0.2) is 18.0 Å². The predicted octanol–water partition coefficient (Wildman–Crippen LogP) is 1.60. The molecule has 0 bridgehead atoms. The molecule has 0 spiro atoms. The van der Waals surface area contributed by atoms with E-state index in [2.05, 4.69) is 0 Å². The summed E-state index contributed by atoms with van der Waals surface area (Å²) in [6, 6.07) is 8.22. The lowest BCUT2D eigenvalue weighted by Gasteiger charge is -2.21. The molecular weight excluding hydrogens is 450 g/mol. The Morgan fingerprint density at radius 3 is 2.12 bits per heavy atom. The largest absolute Gasteiger partial charge is 0.462 e. The van der Waals surface area contributed by atoms with Crippen LogP contribution in [0.2, 0.25) is 0 Å². The van der Waals surface area contributed by atoms with Gasteiger partial charge in [0.1, 0.15) is 0 Å². The van der Waals surface area contributed by atoms with Gasteiger partial charge in [0.2, 0.25) is 6.10 Å². The molecule has 184 valence electrons. The molecule has 2 amide bonds. The fourth-order valence-corrected chi connectivity index (χ4v) is 3.29. The van der Waals surface area contributed by atoms with Crippen LogP contribution in [0.5, 0.6) is 0 Å². The first-order valence-corrected chi connectivity index (χ1v) is 10.8. The van der Waals surface area contributed by atoms with Gasteiger partial charge < -0.3 is 23.8 Å². The third-order valence-corrected chi connectivity index (χ3v) is 4.86. The monoisotopic (exact) mass is 477 g/mol. The Morgan fingerprint density at radius 2 is 1.56 bits per heavy atom. The van der Waals surface area contributed by atoms with Crippen LogP contribution in [-0.4, -0.2) is 59.4 Å². The minimum atomic E-state index is -1.65. The number of hydrogen-bond acceptors (Lipinski definition) is 10. The zero-order chi connectivity index (χ0) is 25.0. The molecule has 0 aromatic heterocycles. The van der Waals surface area contributed by atoms with Crippen molar-refractivity contribution in [2.24, 2.45) is 5.92 Å². The number of hydroxylamine groups is 2. The Labute approximate surface area is 196 Å². The van der Waals surface area contributed by atoms with E-state index in [0.717, 1.165) is 0 Å². The smallest absolute Gasteiger partial charge is 0.365 e. The average Bonchev–Trinajstić information content (AvgIpc) is 3.29. The van der Waals surface area contributed by atoms with Gasteiger partial charge in [-0.3, -0.25) is 9.59 Å². The van der Waals surface area contributed by atoms with Gasteiger partial charge in [0.05, 0.1) is 6.61 Å². The highest BCUT2D eigenvalue weighted by molar-refractivity contribution is 6.02. The number of benzene rings is 1. The molecule has 2 fully saturated rings. The Kier molecular flexibility index (Phi) is 7.68. The van der Waals surface area contributed by atoms with Crippen molar-refractivity contribution in [3.63, 3.8) is 0 Å². The van der Waals surface area contributed by atoms with Crippen LogP contribution in [0.4, 0.5) is 0 Å². The quantitative estimate of drug-likeness (QED) is 0.401. The second kappa shape index (κ2) is 10.3. The van der Waals surface area contributed by atoms with Gasteiger partial charge in [-0.15, -0.1) is 5.06 Å². The van der Waals surface area contributed by atoms with Gasteiger partial charge in [-0.2, -0.15) is 0 Å². The van der Waals surface area contributed by atoms with Crippen molar-refractivity contribution in [3.8, 4) is 0 Å². The molecule has 2 aliphatic heterocycles.